The van der Waals surface area contributed by atoms with E-state index in [1.807, 2.05) is 0 Å². The van der Waals surface area contributed by atoms with Crippen molar-refractivity contribution >= 4 is 10.9 Å². The molecule has 3 rings (SSSR count). The van der Waals surface area contributed by atoms with Crippen LogP contribution in [0, 0.1) is 11.7 Å². The molecule has 0 bridgehead atoms. The lowest BCUT2D eigenvalue weighted by Gasteiger charge is -2.31. The number of rotatable bonds is 5. The van der Waals surface area contributed by atoms with Gasteiger partial charge in [0.2, 0.25) is 0 Å². The van der Waals surface area contributed by atoms with Crippen molar-refractivity contribution in [1.82, 2.24) is 4.98 Å². The molecule has 162 valence electrons. The molecule has 1 N–H and O–H groups in total. The highest BCUT2D eigenvalue weighted by Crippen LogP contribution is 2.40. The number of hydrogen-bond acceptors (Lipinski definition) is 0. The van der Waals surface area contributed by atoms with E-state index in [1.165, 1.54) is 30.3 Å². The zero-order valence-corrected chi connectivity index (χ0v) is 16.3. The van der Waals surface area contributed by atoms with Crippen LogP contribution in [0.15, 0.2) is 48.5 Å². The minimum Gasteiger partial charge on any atom is -0.358 e. The van der Waals surface area contributed by atoms with E-state index in [-0.39, 0.29) is 17.5 Å². The average molecular weight is 431 g/mol. The van der Waals surface area contributed by atoms with Crippen LogP contribution in [0.25, 0.3) is 10.9 Å². The fourth-order valence-corrected chi connectivity index (χ4v) is 3.69. The summed E-state index contributed by atoms with van der Waals surface area (Å²) in [6, 6.07) is 9.80. The summed E-state index contributed by atoms with van der Waals surface area (Å²) in [5, 5.41) is 0.199. The molecule has 0 aliphatic carbocycles. The van der Waals surface area contributed by atoms with Crippen molar-refractivity contribution in [3.63, 3.8) is 0 Å². The number of alkyl halides is 6. The van der Waals surface area contributed by atoms with Crippen LogP contribution in [-0.4, -0.2) is 11.2 Å². The fourth-order valence-electron chi connectivity index (χ4n) is 3.69. The maximum atomic E-state index is 13.8. The van der Waals surface area contributed by atoms with Crippen LogP contribution >= 0.6 is 0 Å². The molecule has 0 saturated heterocycles. The Morgan fingerprint density at radius 3 is 2.17 bits per heavy atom. The summed E-state index contributed by atoms with van der Waals surface area (Å²) in [4.78, 5) is 2.78. The minimum atomic E-state index is -4.53. The van der Waals surface area contributed by atoms with Gasteiger partial charge in [-0.05, 0) is 60.2 Å². The first-order valence-corrected chi connectivity index (χ1v) is 9.27. The fraction of sp³-hybridized carbons (Fsp3) is 0.364. The van der Waals surface area contributed by atoms with Gasteiger partial charge < -0.3 is 4.98 Å². The van der Waals surface area contributed by atoms with Crippen LogP contribution in [0.2, 0.25) is 0 Å². The highest BCUT2D eigenvalue weighted by molar-refractivity contribution is 5.81. The third-order valence-electron chi connectivity index (χ3n) is 5.30. The molecule has 2 aromatic carbocycles. The van der Waals surface area contributed by atoms with Gasteiger partial charge in [-0.2, -0.15) is 26.3 Å². The zero-order valence-electron chi connectivity index (χ0n) is 16.3. The molecular weight excluding hydrogens is 411 g/mol. The summed E-state index contributed by atoms with van der Waals surface area (Å²) in [7, 11) is 0. The third kappa shape index (κ3) is 4.96. The molecule has 3 aromatic rings. The average Bonchev–Trinajstić information content (AvgIpc) is 3.01. The smallest absolute Gasteiger partial charge is 0.358 e. The normalized spacial score (nSPS) is 14.3. The number of halogens is 7. The van der Waals surface area contributed by atoms with Crippen LogP contribution in [0.4, 0.5) is 30.7 Å². The van der Waals surface area contributed by atoms with Crippen molar-refractivity contribution in [1.29, 1.82) is 0 Å². The Bertz CT molecular complexity index is 1030. The Kier molecular flexibility index (Phi) is 5.64. The van der Waals surface area contributed by atoms with Gasteiger partial charge >= 0.3 is 12.4 Å². The van der Waals surface area contributed by atoms with E-state index in [2.05, 4.69) is 4.98 Å². The van der Waals surface area contributed by atoms with Crippen molar-refractivity contribution in [3.05, 3.63) is 71.2 Å². The Morgan fingerprint density at radius 2 is 1.57 bits per heavy atom. The van der Waals surface area contributed by atoms with Crippen molar-refractivity contribution in [2.45, 2.75) is 44.5 Å². The zero-order chi connectivity index (χ0) is 22.3. The summed E-state index contributed by atoms with van der Waals surface area (Å²) in [5.74, 6) is -2.29. The van der Waals surface area contributed by atoms with E-state index >= 15 is 0 Å². The van der Waals surface area contributed by atoms with Crippen molar-refractivity contribution < 1.29 is 30.7 Å². The third-order valence-corrected chi connectivity index (χ3v) is 5.30. The van der Waals surface area contributed by atoms with E-state index < -0.39 is 41.5 Å². The molecule has 30 heavy (non-hydrogen) atoms. The molecule has 1 unspecified atom stereocenters. The maximum absolute atomic E-state index is 13.8. The predicted octanol–water partition coefficient (Wildman–Crippen LogP) is 7.41. The van der Waals surface area contributed by atoms with E-state index in [0.717, 1.165) is 12.1 Å². The van der Waals surface area contributed by atoms with E-state index in [0.29, 0.717) is 11.1 Å². The Labute approximate surface area is 168 Å². The lowest BCUT2D eigenvalue weighted by atomic mass is 9.75. The van der Waals surface area contributed by atoms with Crippen LogP contribution in [0.5, 0.6) is 0 Å². The second-order valence-electron chi connectivity index (χ2n) is 8.14. The largest absolute Gasteiger partial charge is 0.416 e. The van der Waals surface area contributed by atoms with Crippen LogP contribution < -0.4 is 0 Å². The molecule has 0 aliphatic heterocycles. The second kappa shape index (κ2) is 7.63. The van der Waals surface area contributed by atoms with Crippen LogP contribution in [-0.2, 0) is 18.0 Å². The predicted molar refractivity (Wildman–Crippen MR) is 101 cm³/mol. The van der Waals surface area contributed by atoms with Gasteiger partial charge in [-0.25, -0.2) is 4.39 Å². The Morgan fingerprint density at radius 1 is 0.867 bits per heavy atom. The maximum Gasteiger partial charge on any atom is 0.416 e. The molecule has 0 amide bonds. The second-order valence-corrected chi connectivity index (χ2v) is 8.14. The summed E-state index contributed by atoms with van der Waals surface area (Å²) in [6.07, 6.45) is -9.78. The van der Waals surface area contributed by atoms with Gasteiger partial charge in [0.25, 0.3) is 0 Å². The number of nitrogens with one attached hydrogen (secondary N) is 1. The number of aromatic amines is 1. The standard InChI is InChI=1S/C22H20F7N/c1-20(2,14-4-3-5-17(23)10-14)12-16(22(27,28)29)11-18-9-13-8-15(21(24,25)26)6-7-19(13)30-18/h3-10,16,30H,11-12H2,1-2H3. The number of hydrogen-bond donors (Lipinski definition) is 1. The summed E-state index contributed by atoms with van der Waals surface area (Å²) in [6.45, 7) is 3.22. The highest BCUT2D eigenvalue weighted by Gasteiger charge is 2.43. The van der Waals surface area contributed by atoms with Crippen LogP contribution in [0.3, 0.4) is 0 Å². The van der Waals surface area contributed by atoms with Gasteiger partial charge in [0, 0.05) is 16.6 Å². The monoisotopic (exact) mass is 431 g/mol. The van der Waals surface area contributed by atoms with Gasteiger partial charge in [0.15, 0.2) is 0 Å². The number of benzene rings is 2. The molecule has 1 heterocycles. The molecular formula is C22H20F7N. The summed E-state index contributed by atoms with van der Waals surface area (Å²) < 4.78 is 93.5. The van der Waals surface area contributed by atoms with E-state index in [1.54, 1.807) is 19.9 Å². The molecule has 0 fully saturated rings. The molecule has 8 heteroatoms. The minimum absolute atomic E-state index is 0.196. The lowest BCUT2D eigenvalue weighted by Crippen LogP contribution is -2.32. The number of H-pyrrole nitrogens is 1. The molecule has 1 atom stereocenters. The lowest BCUT2D eigenvalue weighted by molar-refractivity contribution is -0.179. The SMILES string of the molecule is CC(C)(CC(Cc1cc2cc(C(F)(F)F)ccc2[nH]1)C(F)(F)F)c1cccc(F)c1. The topological polar surface area (TPSA) is 15.8 Å². The quantitative estimate of drug-likeness (QED) is 0.405. The van der Waals surface area contributed by atoms with Gasteiger partial charge in [0.1, 0.15) is 5.82 Å². The first kappa shape index (κ1) is 22.2. The first-order chi connectivity index (χ1) is 13.8. The molecule has 0 aliphatic rings. The Hall–Kier alpha value is -2.51. The molecule has 0 saturated carbocycles. The molecule has 0 spiro atoms. The number of aromatic nitrogens is 1. The molecule has 1 aromatic heterocycles. The highest BCUT2D eigenvalue weighted by atomic mass is 19.4. The van der Waals surface area contributed by atoms with Crippen molar-refractivity contribution in [2.24, 2.45) is 5.92 Å². The van der Waals surface area contributed by atoms with Gasteiger partial charge in [-0.3, -0.25) is 0 Å². The van der Waals surface area contributed by atoms with Crippen LogP contribution in [0.1, 0.15) is 37.1 Å². The Balaban J connectivity index is 1.88. The van der Waals surface area contributed by atoms with E-state index in [4.69, 9.17) is 0 Å². The van der Waals surface area contributed by atoms with Crippen molar-refractivity contribution in [2.75, 3.05) is 0 Å². The van der Waals surface area contributed by atoms with Gasteiger partial charge in [0.05, 0.1) is 11.5 Å². The van der Waals surface area contributed by atoms with E-state index in [9.17, 15) is 30.7 Å². The van der Waals surface area contributed by atoms with Gasteiger partial charge in [-0.1, -0.05) is 26.0 Å². The summed E-state index contributed by atoms with van der Waals surface area (Å²) >= 11 is 0. The molecule has 0 radical (unpaired) electrons. The summed E-state index contributed by atoms with van der Waals surface area (Å²) in [5.41, 5.74) is -0.842. The van der Waals surface area contributed by atoms with Gasteiger partial charge in [-0.15, -0.1) is 0 Å². The number of fused-ring (bicyclic) bond motifs is 1. The molecule has 1 nitrogen and oxygen atoms in total. The first-order valence-electron chi connectivity index (χ1n) is 9.27. The van der Waals surface area contributed by atoms with Crippen molar-refractivity contribution in [3.8, 4) is 0 Å².